The molecule has 0 spiro atoms. The zero-order chi connectivity index (χ0) is 38.5. The van der Waals surface area contributed by atoms with Crippen molar-refractivity contribution in [1.82, 2.24) is 35.5 Å². The highest BCUT2D eigenvalue weighted by Gasteiger charge is 2.35. The van der Waals surface area contributed by atoms with Crippen LogP contribution < -0.4 is 25.2 Å². The van der Waals surface area contributed by atoms with Crippen LogP contribution in [0.25, 0.3) is 32.9 Å². The minimum Gasteiger partial charge on any atom is -0.508 e. The highest BCUT2D eigenvalue weighted by Crippen LogP contribution is 2.39. The number of nitrogens with zero attached hydrogens (tertiary/aromatic N) is 7. The number of likely N-dealkylation sites (tertiary alicyclic amines) is 1. The number of nitrogens with one attached hydrogen (secondary N) is 2. The van der Waals surface area contributed by atoms with Crippen molar-refractivity contribution in [2.75, 3.05) is 42.6 Å². The number of hydrogen-bond acceptors (Lipinski definition) is 11. The second-order valence-electron chi connectivity index (χ2n) is 14.9. The van der Waals surface area contributed by atoms with E-state index in [1.807, 2.05) is 12.1 Å². The van der Waals surface area contributed by atoms with E-state index in [-0.39, 0.29) is 76.5 Å². The molecule has 3 aromatic heterocycles. The fourth-order valence-corrected chi connectivity index (χ4v) is 8.55. The molecular formula is C41H39F2N9O4. The van der Waals surface area contributed by atoms with Gasteiger partial charge in [0, 0.05) is 67.9 Å². The number of hydrogen-bond donors (Lipinski definition) is 3. The van der Waals surface area contributed by atoms with Crippen LogP contribution in [0.1, 0.15) is 49.8 Å². The Hall–Kier alpha value is -5.98. The summed E-state index contributed by atoms with van der Waals surface area (Å²) in [5, 5.41) is 17.7. The number of ether oxygens (including phenoxy) is 1. The predicted molar refractivity (Wildman–Crippen MR) is 205 cm³/mol. The molecule has 7 heterocycles. The number of urea groups is 1. The van der Waals surface area contributed by atoms with Crippen molar-refractivity contribution < 1.29 is 28.2 Å². The second kappa shape index (κ2) is 14.6. The minimum atomic E-state index is -0.768. The number of phenolic OH excluding ortho intramolecular Hbond substituents is 1. The Morgan fingerprint density at radius 1 is 0.982 bits per heavy atom. The van der Waals surface area contributed by atoms with Crippen LogP contribution in [-0.2, 0) is 11.3 Å². The molecule has 4 aliphatic heterocycles. The van der Waals surface area contributed by atoms with E-state index in [4.69, 9.17) is 16.1 Å². The Balaban J connectivity index is 1.03. The summed E-state index contributed by atoms with van der Waals surface area (Å²) in [5.74, 6) is 1.06. The zero-order valence-corrected chi connectivity index (χ0v) is 30.5. The fraction of sp³-hybridized carbons (Fsp3) is 0.366. The topological polar surface area (TPSA) is 149 Å². The lowest BCUT2D eigenvalue weighted by atomic mass is 9.96. The maximum atomic E-state index is 17.0. The van der Waals surface area contributed by atoms with Crippen LogP contribution in [0.5, 0.6) is 11.8 Å². The molecule has 4 fully saturated rings. The molecule has 286 valence electrons. The summed E-state index contributed by atoms with van der Waals surface area (Å²) in [6.45, 7) is 3.27. The van der Waals surface area contributed by atoms with Gasteiger partial charge in [0.05, 0.1) is 28.5 Å². The van der Waals surface area contributed by atoms with E-state index in [9.17, 15) is 19.1 Å². The number of amides is 3. The highest BCUT2D eigenvalue weighted by molar-refractivity contribution is 6.05. The van der Waals surface area contributed by atoms with Gasteiger partial charge >= 0.3 is 12.0 Å². The fourth-order valence-electron chi connectivity index (χ4n) is 8.55. The van der Waals surface area contributed by atoms with Gasteiger partial charge in [-0.25, -0.2) is 13.6 Å². The minimum absolute atomic E-state index is 0.00419. The lowest BCUT2D eigenvalue weighted by Gasteiger charge is -2.35. The third-order valence-electron chi connectivity index (χ3n) is 11.3. The predicted octanol–water partition coefficient (Wildman–Crippen LogP) is 5.03. The van der Waals surface area contributed by atoms with Gasteiger partial charge in [-0.2, -0.15) is 9.97 Å². The van der Waals surface area contributed by atoms with Crippen molar-refractivity contribution in [2.45, 2.75) is 63.2 Å². The SMILES string of the molecule is C#Cc1c(F)ccc2cc(O)cc(-c3ncc4c(N5C[C@H]6CC[C@@H](C5)N6)nc(OC[C@@H]5CCCCN5Cc5ccc(N6CCC(=O)NC6=O)cn5)nc4c3F)c12. The average Bonchev–Trinajstić information content (AvgIpc) is 3.54. The first kappa shape index (κ1) is 35.7. The summed E-state index contributed by atoms with van der Waals surface area (Å²) in [6.07, 6.45) is 14.1. The molecule has 15 heteroatoms. The number of aromatic nitrogens is 4. The molecule has 4 aliphatic rings. The van der Waals surface area contributed by atoms with Crippen LogP contribution in [0.2, 0.25) is 0 Å². The molecule has 0 saturated carbocycles. The molecule has 13 nitrogen and oxygen atoms in total. The Morgan fingerprint density at radius 3 is 2.59 bits per heavy atom. The standard InChI is InChI=1S/C41H39F2N9O4/c1-2-30-33(42)11-6-23-15-29(53)16-31(35(23)30)37-36(43)38-32(18-45-37)39(51-20-25-7-8-26(21-51)46-25)49-40(48-38)56-22-28-5-3-4-13-50(28)19-24-9-10-27(17-44-24)52-14-12-34(54)47-41(52)55/h1,6,9-11,15-18,25-26,28,46,53H,3-5,7-8,12-14,19-22H2,(H,47,54,55)/t25-,26+,28-/m0/s1. The monoisotopic (exact) mass is 759 g/mol. The summed E-state index contributed by atoms with van der Waals surface area (Å²) in [4.78, 5) is 48.5. The number of piperazine rings is 1. The number of aromatic hydroxyl groups is 1. The van der Waals surface area contributed by atoms with Crippen molar-refractivity contribution in [3.8, 4) is 35.4 Å². The summed E-state index contributed by atoms with van der Waals surface area (Å²) in [6, 6.07) is 9.31. The first-order valence-corrected chi connectivity index (χ1v) is 18.9. The van der Waals surface area contributed by atoms with E-state index in [0.29, 0.717) is 48.5 Å². The van der Waals surface area contributed by atoms with Crippen molar-refractivity contribution in [1.29, 1.82) is 0 Å². The van der Waals surface area contributed by atoms with Crippen molar-refractivity contribution in [3.05, 3.63) is 71.7 Å². The Morgan fingerprint density at radius 2 is 1.82 bits per heavy atom. The molecule has 56 heavy (non-hydrogen) atoms. The molecule has 3 atom stereocenters. The molecule has 5 aromatic rings. The molecule has 3 amide bonds. The van der Waals surface area contributed by atoms with E-state index in [2.05, 4.69) is 41.3 Å². The van der Waals surface area contributed by atoms with Gasteiger partial charge < -0.3 is 20.1 Å². The first-order chi connectivity index (χ1) is 27.2. The van der Waals surface area contributed by atoms with Crippen molar-refractivity contribution in [3.63, 3.8) is 0 Å². The van der Waals surface area contributed by atoms with E-state index >= 15 is 4.39 Å². The number of halogens is 2. The van der Waals surface area contributed by atoms with E-state index < -0.39 is 17.7 Å². The average molecular weight is 760 g/mol. The summed E-state index contributed by atoms with van der Waals surface area (Å²) < 4.78 is 38.3. The van der Waals surface area contributed by atoms with Crippen LogP contribution in [0, 0.1) is 24.0 Å². The van der Waals surface area contributed by atoms with Crippen molar-refractivity contribution >= 4 is 45.1 Å². The second-order valence-corrected chi connectivity index (χ2v) is 14.9. The number of carbonyl (C=O) groups is 2. The van der Waals surface area contributed by atoms with Crippen LogP contribution >= 0.6 is 0 Å². The van der Waals surface area contributed by atoms with Crippen LogP contribution in [0.4, 0.5) is 25.1 Å². The first-order valence-electron chi connectivity index (χ1n) is 18.9. The van der Waals surface area contributed by atoms with Gasteiger partial charge in [0.15, 0.2) is 5.82 Å². The summed E-state index contributed by atoms with van der Waals surface area (Å²) >= 11 is 0. The quantitative estimate of drug-likeness (QED) is 0.183. The smallest absolute Gasteiger partial charge is 0.328 e. The largest absolute Gasteiger partial charge is 0.508 e. The Bertz CT molecular complexity index is 2410. The van der Waals surface area contributed by atoms with Gasteiger partial charge in [0.1, 0.15) is 35.2 Å². The molecule has 0 radical (unpaired) electrons. The highest BCUT2D eigenvalue weighted by atomic mass is 19.1. The number of phenols is 1. The summed E-state index contributed by atoms with van der Waals surface area (Å²) in [7, 11) is 0. The number of carbonyl (C=O) groups excluding carboxylic acids is 2. The number of piperidine rings is 1. The molecule has 3 N–H and O–H groups in total. The molecule has 0 aliphatic carbocycles. The number of terminal acetylenes is 1. The van der Waals surface area contributed by atoms with Crippen LogP contribution in [0.15, 0.2) is 48.8 Å². The van der Waals surface area contributed by atoms with Gasteiger partial charge in [0.25, 0.3) is 0 Å². The number of pyridine rings is 2. The maximum absolute atomic E-state index is 17.0. The normalized spacial score (nSPS) is 21.4. The van der Waals surface area contributed by atoms with Crippen molar-refractivity contribution in [2.24, 2.45) is 0 Å². The number of anilines is 2. The number of fused-ring (bicyclic) bond motifs is 4. The maximum Gasteiger partial charge on any atom is 0.328 e. The summed E-state index contributed by atoms with van der Waals surface area (Å²) in [5.41, 5.74) is 1.38. The van der Waals surface area contributed by atoms with Crippen LogP contribution in [0.3, 0.4) is 0 Å². The van der Waals surface area contributed by atoms with E-state index in [0.717, 1.165) is 44.3 Å². The number of rotatable bonds is 8. The van der Waals surface area contributed by atoms with Gasteiger partial charge in [-0.05, 0) is 67.9 Å². The third kappa shape index (κ3) is 6.69. The number of imide groups is 1. The van der Waals surface area contributed by atoms with Gasteiger partial charge in [0.2, 0.25) is 5.91 Å². The van der Waals surface area contributed by atoms with Gasteiger partial charge in [-0.15, -0.1) is 6.42 Å². The molecule has 9 rings (SSSR count). The molecular weight excluding hydrogens is 721 g/mol. The molecule has 4 saturated heterocycles. The zero-order valence-electron chi connectivity index (χ0n) is 30.5. The van der Waals surface area contributed by atoms with Gasteiger partial charge in [-0.1, -0.05) is 18.4 Å². The van der Waals surface area contributed by atoms with Gasteiger partial charge in [-0.3, -0.25) is 29.9 Å². The number of benzene rings is 2. The Labute approximate surface area is 321 Å². The third-order valence-corrected chi connectivity index (χ3v) is 11.3. The Kier molecular flexibility index (Phi) is 9.30. The molecule has 2 bridgehead atoms. The molecule has 2 aromatic carbocycles. The lowest BCUT2D eigenvalue weighted by molar-refractivity contribution is -0.120. The van der Waals surface area contributed by atoms with E-state index in [1.165, 1.54) is 35.4 Å². The van der Waals surface area contributed by atoms with E-state index in [1.54, 1.807) is 6.20 Å². The van der Waals surface area contributed by atoms with Crippen LogP contribution in [-0.4, -0.2) is 92.8 Å². The molecule has 0 unspecified atom stereocenters. The lowest BCUT2D eigenvalue weighted by Crippen LogP contribution is -2.51.